The SMILES string of the molecule is CC(C)CS(=O)(=O)N[C@H]1C[C@@H](C)[C@@H](C(=N)n2c(=N)cnc3[nH]ccc32)C1. The summed E-state index contributed by atoms with van der Waals surface area (Å²) in [5, 5.41) is 16.8. The van der Waals surface area contributed by atoms with Gasteiger partial charge in [0, 0.05) is 18.2 Å². The Hall–Kier alpha value is -2.00. The largest absolute Gasteiger partial charge is 0.345 e. The van der Waals surface area contributed by atoms with Crippen LogP contribution >= 0.6 is 0 Å². The Kier molecular flexibility index (Phi) is 5.03. The normalized spacial score (nSPS) is 23.8. The Morgan fingerprint density at radius 2 is 2.19 bits per heavy atom. The zero-order valence-corrected chi connectivity index (χ0v) is 16.1. The predicted molar refractivity (Wildman–Crippen MR) is 100 cm³/mol. The van der Waals surface area contributed by atoms with Gasteiger partial charge in [-0.05, 0) is 30.7 Å². The number of nitrogens with zero attached hydrogens (tertiary/aromatic N) is 2. The first-order chi connectivity index (χ1) is 12.2. The van der Waals surface area contributed by atoms with Crippen LogP contribution in [-0.2, 0) is 10.0 Å². The van der Waals surface area contributed by atoms with E-state index < -0.39 is 10.0 Å². The van der Waals surface area contributed by atoms with Crippen LogP contribution < -0.4 is 10.2 Å². The van der Waals surface area contributed by atoms with Crippen molar-refractivity contribution in [1.29, 1.82) is 10.8 Å². The van der Waals surface area contributed by atoms with Gasteiger partial charge in [-0.25, -0.2) is 18.1 Å². The Morgan fingerprint density at radius 3 is 2.88 bits per heavy atom. The van der Waals surface area contributed by atoms with E-state index >= 15 is 0 Å². The molecule has 0 bridgehead atoms. The number of aromatic amines is 1. The third kappa shape index (κ3) is 3.73. The van der Waals surface area contributed by atoms with E-state index in [0.29, 0.717) is 29.8 Å². The number of hydrogen-bond acceptors (Lipinski definition) is 5. The molecule has 3 atom stereocenters. The second-order valence-electron chi connectivity index (χ2n) is 7.62. The summed E-state index contributed by atoms with van der Waals surface area (Å²) in [5.41, 5.74) is 1.47. The predicted octanol–water partition coefficient (Wildman–Crippen LogP) is 1.66. The average molecular weight is 379 g/mol. The summed E-state index contributed by atoms with van der Waals surface area (Å²) >= 11 is 0. The summed E-state index contributed by atoms with van der Waals surface area (Å²) in [6.07, 6.45) is 4.43. The lowest BCUT2D eigenvalue weighted by atomic mass is 9.96. The lowest BCUT2D eigenvalue weighted by Crippen LogP contribution is -2.37. The molecule has 26 heavy (non-hydrogen) atoms. The molecular formula is C17H26N6O2S. The Labute approximate surface area is 153 Å². The first-order valence-electron chi connectivity index (χ1n) is 8.86. The van der Waals surface area contributed by atoms with Gasteiger partial charge in [0.05, 0.1) is 17.5 Å². The van der Waals surface area contributed by atoms with Gasteiger partial charge < -0.3 is 4.98 Å². The number of hydrogen-bond donors (Lipinski definition) is 4. The van der Waals surface area contributed by atoms with E-state index in [1.54, 1.807) is 16.8 Å². The molecule has 1 aliphatic rings. The van der Waals surface area contributed by atoms with E-state index in [-0.39, 0.29) is 35.0 Å². The van der Waals surface area contributed by atoms with Gasteiger partial charge in [-0.3, -0.25) is 15.4 Å². The third-order valence-corrected chi connectivity index (χ3v) is 6.67. The van der Waals surface area contributed by atoms with Crippen LogP contribution in [0.4, 0.5) is 0 Å². The van der Waals surface area contributed by atoms with Crippen LogP contribution in [0, 0.1) is 28.6 Å². The fourth-order valence-corrected chi connectivity index (χ4v) is 5.52. The number of H-pyrrole nitrogens is 1. The van der Waals surface area contributed by atoms with Gasteiger partial charge >= 0.3 is 0 Å². The van der Waals surface area contributed by atoms with Crippen LogP contribution in [0.1, 0.15) is 33.6 Å². The maximum atomic E-state index is 12.2. The maximum absolute atomic E-state index is 12.2. The van der Waals surface area contributed by atoms with Crippen molar-refractivity contribution in [2.24, 2.45) is 17.8 Å². The highest BCUT2D eigenvalue weighted by atomic mass is 32.2. The van der Waals surface area contributed by atoms with Crippen molar-refractivity contribution in [3.63, 3.8) is 0 Å². The fourth-order valence-electron chi connectivity index (χ4n) is 3.84. The number of sulfonamides is 1. The molecule has 0 amide bonds. The lowest BCUT2D eigenvalue weighted by molar-refractivity contribution is 0.513. The summed E-state index contributed by atoms with van der Waals surface area (Å²) in [6.45, 7) is 5.80. The van der Waals surface area contributed by atoms with Gasteiger partial charge in [-0.1, -0.05) is 20.8 Å². The van der Waals surface area contributed by atoms with E-state index in [4.69, 9.17) is 10.8 Å². The molecule has 0 aliphatic heterocycles. The van der Waals surface area contributed by atoms with Crippen LogP contribution in [0.2, 0.25) is 0 Å². The number of fused-ring (bicyclic) bond motifs is 1. The lowest BCUT2D eigenvalue weighted by Gasteiger charge is -2.19. The minimum absolute atomic E-state index is 0.0699. The zero-order valence-electron chi connectivity index (χ0n) is 15.3. The molecule has 1 saturated carbocycles. The van der Waals surface area contributed by atoms with E-state index in [0.717, 1.165) is 0 Å². The molecule has 2 aromatic heterocycles. The van der Waals surface area contributed by atoms with Crippen LogP contribution in [0.5, 0.6) is 0 Å². The van der Waals surface area contributed by atoms with Gasteiger partial charge in [-0.2, -0.15) is 0 Å². The molecule has 142 valence electrons. The number of nitrogens with one attached hydrogen (secondary N) is 4. The van der Waals surface area contributed by atoms with E-state index in [1.807, 2.05) is 20.8 Å². The molecule has 1 fully saturated rings. The van der Waals surface area contributed by atoms with Crippen molar-refractivity contribution >= 4 is 27.0 Å². The summed E-state index contributed by atoms with van der Waals surface area (Å²) in [5.74, 6) is 0.542. The van der Waals surface area contributed by atoms with Crippen molar-refractivity contribution in [3.05, 3.63) is 23.9 Å². The summed E-state index contributed by atoms with van der Waals surface area (Å²) in [7, 11) is -3.31. The van der Waals surface area contributed by atoms with Gasteiger partial charge in [0.2, 0.25) is 10.0 Å². The number of rotatable bonds is 5. The second-order valence-corrected chi connectivity index (χ2v) is 9.42. The smallest absolute Gasteiger partial charge is 0.212 e. The average Bonchev–Trinajstić information content (AvgIpc) is 3.11. The second kappa shape index (κ2) is 6.96. The summed E-state index contributed by atoms with van der Waals surface area (Å²) in [6, 6.07) is 1.63. The minimum Gasteiger partial charge on any atom is -0.345 e. The van der Waals surface area contributed by atoms with Crippen LogP contribution in [-0.4, -0.2) is 40.6 Å². The summed E-state index contributed by atoms with van der Waals surface area (Å²) < 4.78 is 28.9. The highest BCUT2D eigenvalue weighted by molar-refractivity contribution is 7.89. The van der Waals surface area contributed by atoms with Crippen molar-refractivity contribution in [3.8, 4) is 0 Å². The molecule has 0 saturated heterocycles. The van der Waals surface area contributed by atoms with E-state index in [9.17, 15) is 8.42 Å². The van der Waals surface area contributed by atoms with Crippen molar-refractivity contribution in [2.75, 3.05) is 5.75 Å². The highest BCUT2D eigenvalue weighted by Gasteiger charge is 2.37. The minimum atomic E-state index is -3.31. The third-order valence-electron chi connectivity index (χ3n) is 4.87. The molecule has 3 rings (SSSR count). The zero-order chi connectivity index (χ0) is 19.1. The first-order valence-corrected chi connectivity index (χ1v) is 10.5. The van der Waals surface area contributed by atoms with Crippen LogP contribution in [0.15, 0.2) is 18.5 Å². The van der Waals surface area contributed by atoms with Gasteiger partial charge in [0.1, 0.15) is 11.3 Å². The standard InChI is InChI=1S/C17H26N6O2S/c1-10(2)9-26(24,25)22-12-6-11(3)13(7-12)16(19)23-14-4-5-20-17(14)21-8-15(23)18/h4-5,8,10-13,18-20,22H,6-7,9H2,1-3H3/t11-,12+,13+/m1/s1. The maximum Gasteiger partial charge on any atom is 0.212 e. The van der Waals surface area contributed by atoms with E-state index in [1.165, 1.54) is 6.20 Å². The molecule has 0 unspecified atom stereocenters. The molecular weight excluding hydrogens is 352 g/mol. The molecule has 0 aromatic carbocycles. The quantitative estimate of drug-likeness (QED) is 0.466. The molecule has 4 N–H and O–H groups in total. The topological polar surface area (TPSA) is 127 Å². The first kappa shape index (κ1) is 18.8. The molecule has 2 aromatic rings. The Balaban J connectivity index is 1.82. The fraction of sp³-hybridized carbons (Fsp3) is 0.588. The molecule has 1 aliphatic carbocycles. The van der Waals surface area contributed by atoms with Crippen molar-refractivity contribution in [1.82, 2.24) is 19.3 Å². The van der Waals surface area contributed by atoms with Crippen molar-refractivity contribution in [2.45, 2.75) is 39.7 Å². The molecule has 9 heteroatoms. The van der Waals surface area contributed by atoms with Crippen LogP contribution in [0.3, 0.4) is 0 Å². The van der Waals surface area contributed by atoms with Crippen LogP contribution in [0.25, 0.3) is 11.2 Å². The molecule has 8 nitrogen and oxygen atoms in total. The van der Waals surface area contributed by atoms with Crippen molar-refractivity contribution < 1.29 is 8.42 Å². The number of aromatic nitrogens is 3. The monoisotopic (exact) mass is 378 g/mol. The Morgan fingerprint density at radius 1 is 1.46 bits per heavy atom. The summed E-state index contributed by atoms with van der Waals surface area (Å²) in [4.78, 5) is 7.17. The Bertz CT molecular complexity index is 975. The highest BCUT2D eigenvalue weighted by Crippen LogP contribution is 2.33. The van der Waals surface area contributed by atoms with Gasteiger partial charge in [-0.15, -0.1) is 0 Å². The van der Waals surface area contributed by atoms with Gasteiger partial charge in [0.25, 0.3) is 0 Å². The van der Waals surface area contributed by atoms with Gasteiger partial charge in [0.15, 0.2) is 5.65 Å². The molecule has 2 heterocycles. The molecule has 0 spiro atoms. The molecule has 0 radical (unpaired) electrons. The van der Waals surface area contributed by atoms with E-state index in [2.05, 4.69) is 14.7 Å².